The highest BCUT2D eigenvalue weighted by Crippen LogP contribution is 2.20. The number of nitrogens with zero attached hydrogens (tertiary/aromatic N) is 1. The Kier molecular flexibility index (Phi) is 5.76. The van der Waals surface area contributed by atoms with Crippen molar-refractivity contribution in [3.05, 3.63) is 29.6 Å². The van der Waals surface area contributed by atoms with Crippen molar-refractivity contribution >= 4 is 0 Å². The van der Waals surface area contributed by atoms with Crippen LogP contribution in [-0.2, 0) is 11.3 Å². The standard InChI is InChI=1S/C15H24N2O2/c1-12-5-4-6-13(17-12)9-16-10-14(18)11-19-15-7-2-3-8-15/h4-6,14-16,18H,2-3,7-11H2,1H3. The van der Waals surface area contributed by atoms with Gasteiger partial charge >= 0.3 is 0 Å². The molecule has 2 N–H and O–H groups in total. The molecule has 4 nitrogen and oxygen atoms in total. The van der Waals surface area contributed by atoms with Crippen LogP contribution in [0, 0.1) is 6.92 Å². The van der Waals surface area contributed by atoms with Gasteiger partial charge in [0, 0.05) is 18.8 Å². The molecule has 1 aliphatic carbocycles. The van der Waals surface area contributed by atoms with Gasteiger partial charge in [0.15, 0.2) is 0 Å². The van der Waals surface area contributed by atoms with Gasteiger partial charge in [-0.05, 0) is 31.9 Å². The molecule has 106 valence electrons. The molecular formula is C15H24N2O2. The van der Waals surface area contributed by atoms with Crippen molar-refractivity contribution in [2.24, 2.45) is 0 Å². The van der Waals surface area contributed by atoms with Crippen molar-refractivity contribution in [1.82, 2.24) is 10.3 Å². The number of aliphatic hydroxyl groups is 1. The molecule has 1 saturated carbocycles. The Morgan fingerprint density at radius 3 is 2.95 bits per heavy atom. The molecule has 0 spiro atoms. The van der Waals surface area contributed by atoms with Crippen molar-refractivity contribution in [2.75, 3.05) is 13.2 Å². The number of hydrogen-bond acceptors (Lipinski definition) is 4. The summed E-state index contributed by atoms with van der Waals surface area (Å²) < 4.78 is 5.68. The number of aryl methyl sites for hydroxylation is 1. The van der Waals surface area contributed by atoms with Gasteiger partial charge in [0.2, 0.25) is 0 Å². The molecule has 1 aromatic rings. The third kappa shape index (κ3) is 5.27. The van der Waals surface area contributed by atoms with Crippen LogP contribution < -0.4 is 5.32 Å². The van der Waals surface area contributed by atoms with E-state index in [2.05, 4.69) is 10.3 Å². The first-order valence-electron chi connectivity index (χ1n) is 7.17. The minimum Gasteiger partial charge on any atom is -0.389 e. The summed E-state index contributed by atoms with van der Waals surface area (Å²) in [6.07, 6.45) is 4.75. The van der Waals surface area contributed by atoms with Gasteiger partial charge in [0.25, 0.3) is 0 Å². The molecule has 0 bridgehead atoms. The van der Waals surface area contributed by atoms with Gasteiger partial charge in [-0.1, -0.05) is 18.9 Å². The minimum atomic E-state index is -0.439. The first-order valence-corrected chi connectivity index (χ1v) is 7.17. The van der Waals surface area contributed by atoms with Crippen LogP contribution in [0.15, 0.2) is 18.2 Å². The fourth-order valence-corrected chi connectivity index (χ4v) is 2.43. The Bertz CT molecular complexity index is 378. The average Bonchev–Trinajstić information content (AvgIpc) is 2.89. The number of nitrogens with one attached hydrogen (secondary N) is 1. The van der Waals surface area contributed by atoms with Crippen LogP contribution in [0.1, 0.15) is 37.1 Å². The normalized spacial score (nSPS) is 17.8. The second kappa shape index (κ2) is 7.58. The van der Waals surface area contributed by atoms with Gasteiger partial charge in [-0.15, -0.1) is 0 Å². The smallest absolute Gasteiger partial charge is 0.0897 e. The van der Waals surface area contributed by atoms with Gasteiger partial charge in [0.05, 0.1) is 24.5 Å². The second-order valence-electron chi connectivity index (χ2n) is 5.29. The molecule has 0 aliphatic heterocycles. The number of hydrogen-bond donors (Lipinski definition) is 2. The lowest BCUT2D eigenvalue weighted by Gasteiger charge is -2.16. The molecule has 0 saturated heterocycles. The topological polar surface area (TPSA) is 54.4 Å². The van der Waals surface area contributed by atoms with Crippen LogP contribution in [0.25, 0.3) is 0 Å². The first kappa shape index (κ1) is 14.4. The van der Waals surface area contributed by atoms with E-state index in [1.54, 1.807) is 0 Å². The fraction of sp³-hybridized carbons (Fsp3) is 0.667. The molecule has 0 radical (unpaired) electrons. The largest absolute Gasteiger partial charge is 0.389 e. The quantitative estimate of drug-likeness (QED) is 0.788. The summed E-state index contributed by atoms with van der Waals surface area (Å²) in [7, 11) is 0. The highest BCUT2D eigenvalue weighted by Gasteiger charge is 2.16. The molecule has 1 aromatic heterocycles. The van der Waals surface area contributed by atoms with Gasteiger partial charge in [-0.2, -0.15) is 0 Å². The lowest BCUT2D eigenvalue weighted by atomic mass is 10.3. The van der Waals surface area contributed by atoms with Crippen molar-refractivity contribution < 1.29 is 9.84 Å². The van der Waals surface area contributed by atoms with Crippen LogP contribution in [-0.4, -0.2) is 35.5 Å². The lowest BCUT2D eigenvalue weighted by molar-refractivity contribution is -0.00552. The molecule has 1 unspecified atom stereocenters. The zero-order valence-electron chi connectivity index (χ0n) is 11.6. The van der Waals surface area contributed by atoms with E-state index < -0.39 is 6.10 Å². The molecule has 1 atom stereocenters. The van der Waals surface area contributed by atoms with Gasteiger partial charge in [-0.25, -0.2) is 0 Å². The summed E-state index contributed by atoms with van der Waals surface area (Å²) in [5.74, 6) is 0. The van der Waals surface area contributed by atoms with Crippen molar-refractivity contribution in [3.63, 3.8) is 0 Å². The predicted octanol–water partition coefficient (Wildman–Crippen LogP) is 1.80. The molecular weight excluding hydrogens is 240 g/mol. The highest BCUT2D eigenvalue weighted by atomic mass is 16.5. The summed E-state index contributed by atoms with van der Waals surface area (Å²) in [5, 5.41) is 13.0. The maximum absolute atomic E-state index is 9.83. The van der Waals surface area contributed by atoms with Gasteiger partial charge < -0.3 is 15.2 Å². The Labute approximate surface area is 115 Å². The van der Waals surface area contributed by atoms with Crippen LogP contribution >= 0.6 is 0 Å². The van der Waals surface area contributed by atoms with Gasteiger partial charge in [0.1, 0.15) is 0 Å². The third-order valence-electron chi connectivity index (χ3n) is 3.46. The van der Waals surface area contributed by atoms with E-state index in [4.69, 9.17) is 4.74 Å². The van der Waals surface area contributed by atoms with E-state index in [1.165, 1.54) is 12.8 Å². The fourth-order valence-electron chi connectivity index (χ4n) is 2.43. The number of aliphatic hydroxyl groups excluding tert-OH is 1. The van der Waals surface area contributed by atoms with E-state index in [9.17, 15) is 5.11 Å². The van der Waals surface area contributed by atoms with Crippen LogP contribution in [0.2, 0.25) is 0 Å². The number of rotatable bonds is 7. The second-order valence-corrected chi connectivity index (χ2v) is 5.29. The highest BCUT2D eigenvalue weighted by molar-refractivity contribution is 5.09. The van der Waals surface area contributed by atoms with Gasteiger partial charge in [-0.3, -0.25) is 4.98 Å². The zero-order valence-corrected chi connectivity index (χ0v) is 11.6. The summed E-state index contributed by atoms with van der Waals surface area (Å²) >= 11 is 0. The molecule has 19 heavy (non-hydrogen) atoms. The van der Waals surface area contributed by atoms with E-state index in [-0.39, 0.29) is 0 Å². The summed E-state index contributed by atoms with van der Waals surface area (Å²) in [6, 6.07) is 5.97. The summed E-state index contributed by atoms with van der Waals surface area (Å²) in [5.41, 5.74) is 2.02. The Hall–Kier alpha value is -0.970. The van der Waals surface area contributed by atoms with Crippen LogP contribution in [0.4, 0.5) is 0 Å². The zero-order chi connectivity index (χ0) is 13.5. The monoisotopic (exact) mass is 264 g/mol. The Morgan fingerprint density at radius 2 is 2.21 bits per heavy atom. The SMILES string of the molecule is Cc1cccc(CNCC(O)COC2CCCC2)n1. The molecule has 4 heteroatoms. The molecule has 1 aliphatic rings. The van der Waals surface area contributed by atoms with E-state index >= 15 is 0 Å². The molecule has 1 fully saturated rings. The third-order valence-corrected chi connectivity index (χ3v) is 3.46. The predicted molar refractivity (Wildman–Crippen MR) is 74.9 cm³/mol. The molecule has 0 amide bonds. The van der Waals surface area contributed by atoms with Crippen LogP contribution in [0.5, 0.6) is 0 Å². The van der Waals surface area contributed by atoms with Crippen molar-refractivity contribution in [1.29, 1.82) is 0 Å². The first-order chi connectivity index (χ1) is 9.24. The van der Waals surface area contributed by atoms with Crippen LogP contribution in [0.3, 0.4) is 0 Å². The average molecular weight is 264 g/mol. The number of ether oxygens (including phenoxy) is 1. The van der Waals surface area contributed by atoms with E-state index in [1.807, 2.05) is 25.1 Å². The van der Waals surface area contributed by atoms with Crippen molar-refractivity contribution in [3.8, 4) is 0 Å². The lowest BCUT2D eigenvalue weighted by Crippen LogP contribution is -2.31. The molecule has 2 rings (SSSR count). The number of pyridine rings is 1. The maximum Gasteiger partial charge on any atom is 0.0897 e. The summed E-state index contributed by atoms with van der Waals surface area (Å²) in [4.78, 5) is 4.40. The van der Waals surface area contributed by atoms with E-state index in [0.717, 1.165) is 24.2 Å². The minimum absolute atomic E-state index is 0.369. The number of aromatic nitrogens is 1. The summed E-state index contributed by atoms with van der Waals surface area (Å²) in [6.45, 7) is 3.64. The molecule has 0 aromatic carbocycles. The Balaban J connectivity index is 1.59. The van der Waals surface area contributed by atoms with Crippen molar-refractivity contribution in [2.45, 2.75) is 51.4 Å². The molecule has 1 heterocycles. The van der Waals surface area contributed by atoms with E-state index in [0.29, 0.717) is 25.8 Å². The Morgan fingerprint density at radius 1 is 1.42 bits per heavy atom. The maximum atomic E-state index is 9.83.